The minimum Gasteiger partial charge on any atom is -0.331 e. The number of hydrogen-bond donors (Lipinski definition) is 1. The van der Waals surface area contributed by atoms with Crippen molar-refractivity contribution in [3.63, 3.8) is 0 Å². The van der Waals surface area contributed by atoms with E-state index in [-0.39, 0.29) is 6.17 Å². The summed E-state index contributed by atoms with van der Waals surface area (Å²) in [5, 5.41) is 8.38. The summed E-state index contributed by atoms with van der Waals surface area (Å²) in [4.78, 5) is 18.8. The summed E-state index contributed by atoms with van der Waals surface area (Å²) in [7, 11) is 2.18. The monoisotopic (exact) mass is 403 g/mol. The van der Waals surface area contributed by atoms with Crippen LogP contribution in [0.25, 0.3) is 11.0 Å². The second-order valence-corrected chi connectivity index (χ2v) is 8.06. The first kappa shape index (κ1) is 17.8. The molecule has 3 aromatic rings. The van der Waals surface area contributed by atoms with Gasteiger partial charge in [-0.3, -0.25) is 14.5 Å². The summed E-state index contributed by atoms with van der Waals surface area (Å²) < 4.78 is 2.26. The van der Waals surface area contributed by atoms with Gasteiger partial charge in [0.1, 0.15) is 12.8 Å². The van der Waals surface area contributed by atoms with Crippen molar-refractivity contribution in [2.75, 3.05) is 51.5 Å². The highest BCUT2D eigenvalue weighted by Crippen LogP contribution is 2.33. The SMILES string of the molecule is CN1CCN(N2CN=C3N[C@H](c4cccnc4)n4c(nc5ccccc54)N3C2)CC1. The normalized spacial score (nSPS) is 23.0. The fourth-order valence-corrected chi connectivity index (χ4v) is 4.48. The van der Waals surface area contributed by atoms with Gasteiger partial charge in [-0.15, -0.1) is 0 Å². The third-order valence-electron chi connectivity index (χ3n) is 6.17. The highest BCUT2D eigenvalue weighted by atomic mass is 15.7. The zero-order chi connectivity index (χ0) is 20.1. The van der Waals surface area contributed by atoms with Crippen LogP contribution in [0.3, 0.4) is 0 Å². The summed E-state index contributed by atoms with van der Waals surface area (Å²) in [5.41, 5.74) is 3.18. The van der Waals surface area contributed by atoms with Crippen molar-refractivity contribution < 1.29 is 0 Å². The van der Waals surface area contributed by atoms with Crippen LogP contribution in [0.4, 0.5) is 5.95 Å². The number of benzene rings is 1. The van der Waals surface area contributed by atoms with Crippen LogP contribution >= 0.6 is 0 Å². The summed E-state index contributed by atoms with van der Waals surface area (Å²) in [6.45, 7) is 5.59. The molecule has 0 aliphatic carbocycles. The zero-order valence-electron chi connectivity index (χ0n) is 17.0. The minimum atomic E-state index is -0.0914. The minimum absolute atomic E-state index is 0.0914. The second-order valence-electron chi connectivity index (χ2n) is 8.06. The van der Waals surface area contributed by atoms with Gasteiger partial charge in [-0.1, -0.05) is 18.2 Å². The molecule has 1 N–H and O–H groups in total. The van der Waals surface area contributed by atoms with E-state index in [4.69, 9.17) is 9.98 Å². The molecule has 6 rings (SSSR count). The average Bonchev–Trinajstić information content (AvgIpc) is 3.19. The van der Waals surface area contributed by atoms with Gasteiger partial charge in [-0.2, -0.15) is 0 Å². The van der Waals surface area contributed by atoms with Crippen LogP contribution in [-0.2, 0) is 0 Å². The summed E-state index contributed by atoms with van der Waals surface area (Å²) in [5.74, 6) is 1.79. The maximum Gasteiger partial charge on any atom is 0.216 e. The molecule has 5 heterocycles. The molecule has 9 heteroatoms. The highest BCUT2D eigenvalue weighted by Gasteiger charge is 2.37. The van der Waals surface area contributed by atoms with Crippen LogP contribution in [-0.4, -0.2) is 82.0 Å². The predicted octanol–water partition coefficient (Wildman–Crippen LogP) is 1.14. The smallest absolute Gasteiger partial charge is 0.216 e. The largest absolute Gasteiger partial charge is 0.331 e. The van der Waals surface area contributed by atoms with Crippen LogP contribution in [0.1, 0.15) is 11.7 Å². The van der Waals surface area contributed by atoms with Crippen LogP contribution in [0.2, 0.25) is 0 Å². The molecule has 1 saturated heterocycles. The standard InChI is InChI=1S/C21H25N9/c1-26-9-11-27(12-10-26)28-14-23-20-25-19(16-5-4-8-22-13-16)30-18-7-3-2-6-17(18)24-21(30)29(20)15-28/h2-8,13,19H,9-12,14-15H2,1H3,(H,23,25)/t19-/m0/s1. The molecule has 0 amide bonds. The lowest BCUT2D eigenvalue weighted by Gasteiger charge is -2.46. The molecule has 9 nitrogen and oxygen atoms in total. The fourth-order valence-electron chi connectivity index (χ4n) is 4.48. The summed E-state index contributed by atoms with van der Waals surface area (Å²) >= 11 is 0. The van der Waals surface area contributed by atoms with Gasteiger partial charge >= 0.3 is 0 Å². The predicted molar refractivity (Wildman–Crippen MR) is 116 cm³/mol. The molecule has 154 valence electrons. The van der Waals surface area contributed by atoms with Crippen LogP contribution in [0.15, 0.2) is 53.8 Å². The number of fused-ring (bicyclic) bond motifs is 5. The van der Waals surface area contributed by atoms with E-state index < -0.39 is 0 Å². The Hall–Kier alpha value is -3.01. The van der Waals surface area contributed by atoms with Crippen LogP contribution < -0.4 is 10.2 Å². The number of anilines is 1. The highest BCUT2D eigenvalue weighted by molar-refractivity contribution is 5.98. The number of para-hydroxylation sites is 2. The van der Waals surface area contributed by atoms with E-state index >= 15 is 0 Å². The number of rotatable bonds is 2. The molecule has 3 aliphatic rings. The maximum atomic E-state index is 5.00. The molecule has 0 bridgehead atoms. The number of piperazine rings is 1. The van der Waals surface area contributed by atoms with E-state index in [0.717, 1.165) is 61.4 Å². The Kier molecular flexibility index (Phi) is 4.19. The third-order valence-corrected chi connectivity index (χ3v) is 6.17. The number of nitrogens with one attached hydrogen (secondary N) is 1. The molecule has 2 aromatic heterocycles. The number of hydrogen-bond acceptors (Lipinski definition) is 8. The third kappa shape index (κ3) is 2.85. The number of nitrogens with zero attached hydrogens (tertiary/aromatic N) is 8. The van der Waals surface area contributed by atoms with Crippen molar-refractivity contribution in [3.8, 4) is 0 Å². The van der Waals surface area contributed by atoms with E-state index in [0.29, 0.717) is 6.67 Å². The Labute approximate surface area is 175 Å². The van der Waals surface area contributed by atoms with Gasteiger partial charge in [0.05, 0.1) is 17.7 Å². The van der Waals surface area contributed by atoms with Crippen molar-refractivity contribution in [1.82, 2.24) is 34.8 Å². The first-order valence-corrected chi connectivity index (χ1v) is 10.4. The van der Waals surface area contributed by atoms with Gasteiger partial charge in [-0.25, -0.2) is 20.0 Å². The molecule has 1 atom stereocenters. The molecule has 0 radical (unpaired) electrons. The van der Waals surface area contributed by atoms with E-state index in [1.54, 1.807) is 6.20 Å². The molecule has 3 aliphatic heterocycles. The zero-order valence-corrected chi connectivity index (χ0v) is 17.0. The van der Waals surface area contributed by atoms with E-state index in [1.165, 1.54) is 0 Å². The maximum absolute atomic E-state index is 5.00. The lowest BCUT2D eigenvalue weighted by molar-refractivity contribution is -0.0528. The lowest BCUT2D eigenvalue weighted by atomic mass is 10.2. The molecular formula is C21H25N9. The Morgan fingerprint density at radius 2 is 1.87 bits per heavy atom. The molecule has 30 heavy (non-hydrogen) atoms. The average molecular weight is 403 g/mol. The molecule has 0 spiro atoms. The number of aromatic nitrogens is 3. The number of imidazole rings is 1. The van der Waals surface area contributed by atoms with E-state index in [1.807, 2.05) is 18.3 Å². The van der Waals surface area contributed by atoms with Crippen LogP contribution in [0, 0.1) is 0 Å². The van der Waals surface area contributed by atoms with Gasteiger partial charge in [0.15, 0.2) is 0 Å². The van der Waals surface area contributed by atoms with Gasteiger partial charge in [-0.05, 0) is 25.2 Å². The molecule has 0 saturated carbocycles. The quantitative estimate of drug-likeness (QED) is 0.688. The Morgan fingerprint density at radius 1 is 1.00 bits per heavy atom. The lowest BCUT2D eigenvalue weighted by Crippen LogP contribution is -2.62. The summed E-state index contributed by atoms with van der Waals surface area (Å²) in [6, 6.07) is 12.4. The van der Waals surface area contributed by atoms with Crippen LogP contribution in [0.5, 0.6) is 0 Å². The van der Waals surface area contributed by atoms with E-state index in [2.05, 4.69) is 66.0 Å². The first-order valence-electron chi connectivity index (χ1n) is 10.4. The van der Waals surface area contributed by atoms with Crippen molar-refractivity contribution in [2.45, 2.75) is 6.17 Å². The molecule has 1 fully saturated rings. The van der Waals surface area contributed by atoms with Gasteiger partial charge in [0.2, 0.25) is 11.9 Å². The number of pyridine rings is 1. The second kappa shape index (κ2) is 7.05. The number of guanidine groups is 1. The number of aliphatic imine (C=N–C) groups is 1. The summed E-state index contributed by atoms with van der Waals surface area (Å²) in [6.07, 6.45) is 3.62. The van der Waals surface area contributed by atoms with Gasteiger partial charge < -0.3 is 10.2 Å². The molecular weight excluding hydrogens is 378 g/mol. The molecule has 1 aromatic carbocycles. The van der Waals surface area contributed by atoms with Crippen molar-refractivity contribution in [2.24, 2.45) is 4.99 Å². The molecule has 0 unspecified atom stereocenters. The van der Waals surface area contributed by atoms with Gasteiger partial charge in [0, 0.05) is 44.1 Å². The van der Waals surface area contributed by atoms with Crippen molar-refractivity contribution >= 4 is 22.9 Å². The fraction of sp³-hybridized carbons (Fsp3) is 0.381. The van der Waals surface area contributed by atoms with Crippen molar-refractivity contribution in [1.29, 1.82) is 0 Å². The number of hydrazine groups is 1. The Morgan fingerprint density at radius 3 is 2.70 bits per heavy atom. The Bertz CT molecular complexity index is 1080. The Balaban J connectivity index is 1.41. The number of likely N-dealkylation sites (N-methyl/N-ethyl adjacent to an activating group) is 1. The van der Waals surface area contributed by atoms with E-state index in [9.17, 15) is 0 Å². The topological polar surface area (TPSA) is 68.1 Å². The van der Waals surface area contributed by atoms with Gasteiger partial charge in [0.25, 0.3) is 0 Å². The first-order chi connectivity index (χ1) is 14.8. The van der Waals surface area contributed by atoms with Crippen molar-refractivity contribution in [3.05, 3.63) is 54.4 Å².